The third-order valence-corrected chi connectivity index (χ3v) is 3.48. The summed E-state index contributed by atoms with van der Waals surface area (Å²) in [4.78, 5) is 18.4. The van der Waals surface area contributed by atoms with Crippen LogP contribution in [0.15, 0.2) is 30.6 Å². The van der Waals surface area contributed by atoms with Gasteiger partial charge in [0.25, 0.3) is 0 Å². The van der Waals surface area contributed by atoms with Crippen LogP contribution >= 0.6 is 0 Å². The van der Waals surface area contributed by atoms with Crippen molar-refractivity contribution in [2.24, 2.45) is 0 Å². The van der Waals surface area contributed by atoms with Gasteiger partial charge < -0.3 is 9.14 Å². The van der Waals surface area contributed by atoms with Crippen LogP contribution in [0.3, 0.4) is 0 Å². The van der Waals surface area contributed by atoms with Crippen LogP contribution in [-0.2, 0) is 16.1 Å². The van der Waals surface area contributed by atoms with E-state index in [1.54, 1.807) is 0 Å². The van der Waals surface area contributed by atoms with Crippen LogP contribution in [-0.4, -0.2) is 39.4 Å². The zero-order chi connectivity index (χ0) is 13.9. The monoisotopic (exact) mass is 273 g/mol. The summed E-state index contributed by atoms with van der Waals surface area (Å²) in [7, 11) is 0. The van der Waals surface area contributed by atoms with Crippen molar-refractivity contribution in [1.29, 1.82) is 0 Å². The molecule has 0 aliphatic heterocycles. The molecule has 0 bridgehead atoms. The van der Waals surface area contributed by atoms with Crippen molar-refractivity contribution in [2.75, 3.05) is 13.2 Å². The minimum absolute atomic E-state index is 0.150. The molecule has 0 amide bonds. The van der Waals surface area contributed by atoms with E-state index in [4.69, 9.17) is 4.74 Å². The van der Waals surface area contributed by atoms with E-state index < -0.39 is 0 Å². The smallest absolute Gasteiger partial charge is 0.320 e. The molecule has 1 aliphatic carbocycles. The zero-order valence-corrected chi connectivity index (χ0v) is 11.7. The standard InChI is InChI=1S/C15H19N3O2/c1-2-20-15(19)11-18(13-6-7-13)10-12-9-17-8-4-3-5-14(17)16-12/h3-5,8-9,13H,2,6-7,10-11H2,1H3. The second-order valence-electron chi connectivity index (χ2n) is 5.14. The topological polar surface area (TPSA) is 46.8 Å². The van der Waals surface area contributed by atoms with Crippen LogP contribution in [0.25, 0.3) is 5.65 Å². The lowest BCUT2D eigenvalue weighted by Gasteiger charge is -2.19. The van der Waals surface area contributed by atoms with Crippen LogP contribution in [0.1, 0.15) is 25.5 Å². The second kappa shape index (κ2) is 5.63. The lowest BCUT2D eigenvalue weighted by atomic mass is 10.4. The first-order valence-electron chi connectivity index (χ1n) is 7.08. The number of hydrogen-bond donors (Lipinski definition) is 0. The van der Waals surface area contributed by atoms with Gasteiger partial charge in [0.15, 0.2) is 0 Å². The summed E-state index contributed by atoms with van der Waals surface area (Å²) in [5, 5.41) is 0. The van der Waals surface area contributed by atoms with Gasteiger partial charge >= 0.3 is 5.97 Å². The maximum atomic E-state index is 11.7. The first-order chi connectivity index (χ1) is 9.76. The molecule has 0 spiro atoms. The van der Waals surface area contributed by atoms with Gasteiger partial charge in [0, 0.05) is 25.0 Å². The van der Waals surface area contributed by atoms with Crippen molar-refractivity contribution in [3.63, 3.8) is 0 Å². The molecule has 20 heavy (non-hydrogen) atoms. The lowest BCUT2D eigenvalue weighted by molar-refractivity contribution is -0.144. The van der Waals surface area contributed by atoms with Gasteiger partial charge in [0.2, 0.25) is 0 Å². The minimum atomic E-state index is -0.150. The van der Waals surface area contributed by atoms with Crippen LogP contribution in [0, 0.1) is 0 Å². The summed E-state index contributed by atoms with van der Waals surface area (Å²) in [6.45, 7) is 3.32. The fourth-order valence-electron chi connectivity index (χ4n) is 2.40. The van der Waals surface area contributed by atoms with Crippen LogP contribution in [0.2, 0.25) is 0 Å². The predicted molar refractivity (Wildman–Crippen MR) is 75.3 cm³/mol. The highest BCUT2D eigenvalue weighted by Gasteiger charge is 2.31. The molecule has 5 nitrogen and oxygen atoms in total. The molecule has 0 N–H and O–H groups in total. The fourth-order valence-corrected chi connectivity index (χ4v) is 2.40. The molecular weight excluding hydrogens is 254 g/mol. The minimum Gasteiger partial charge on any atom is -0.465 e. The second-order valence-corrected chi connectivity index (χ2v) is 5.14. The molecule has 106 valence electrons. The van der Waals surface area contributed by atoms with E-state index in [0.717, 1.165) is 24.2 Å². The van der Waals surface area contributed by atoms with Gasteiger partial charge in [-0.3, -0.25) is 9.69 Å². The summed E-state index contributed by atoms with van der Waals surface area (Å²) in [6.07, 6.45) is 6.33. The molecule has 0 unspecified atom stereocenters. The third-order valence-electron chi connectivity index (χ3n) is 3.48. The highest BCUT2D eigenvalue weighted by atomic mass is 16.5. The molecule has 3 rings (SSSR count). The molecule has 5 heteroatoms. The van der Waals surface area contributed by atoms with E-state index in [9.17, 15) is 4.79 Å². The summed E-state index contributed by atoms with van der Waals surface area (Å²) in [5.74, 6) is -0.150. The van der Waals surface area contributed by atoms with Gasteiger partial charge in [-0.1, -0.05) is 6.07 Å². The SMILES string of the molecule is CCOC(=O)CN(Cc1cn2ccccc2n1)C1CC1. The van der Waals surface area contributed by atoms with E-state index >= 15 is 0 Å². The first kappa shape index (κ1) is 13.1. The van der Waals surface area contributed by atoms with Crippen molar-refractivity contribution in [2.45, 2.75) is 32.4 Å². The van der Waals surface area contributed by atoms with Crippen molar-refractivity contribution < 1.29 is 9.53 Å². The Hall–Kier alpha value is -1.88. The maximum absolute atomic E-state index is 11.7. The lowest BCUT2D eigenvalue weighted by Crippen LogP contribution is -2.32. The number of hydrogen-bond acceptors (Lipinski definition) is 4. The molecule has 2 heterocycles. The highest BCUT2D eigenvalue weighted by Crippen LogP contribution is 2.28. The average Bonchev–Trinajstić information content (AvgIpc) is 3.19. The summed E-state index contributed by atoms with van der Waals surface area (Å²) < 4.78 is 7.05. The fraction of sp³-hybridized carbons (Fsp3) is 0.467. The molecule has 1 aliphatic rings. The van der Waals surface area contributed by atoms with E-state index in [1.807, 2.05) is 41.9 Å². The Morgan fingerprint density at radius 1 is 1.50 bits per heavy atom. The van der Waals surface area contributed by atoms with Crippen LogP contribution < -0.4 is 0 Å². The van der Waals surface area contributed by atoms with E-state index in [-0.39, 0.29) is 5.97 Å². The number of esters is 1. The predicted octanol–water partition coefficient (Wildman–Crippen LogP) is 1.86. The van der Waals surface area contributed by atoms with Crippen LogP contribution in [0.4, 0.5) is 0 Å². The Kier molecular flexibility index (Phi) is 3.69. The molecule has 0 atom stereocenters. The van der Waals surface area contributed by atoms with E-state index in [0.29, 0.717) is 25.7 Å². The molecule has 0 radical (unpaired) electrons. The summed E-state index contributed by atoms with van der Waals surface area (Å²) in [6, 6.07) is 6.44. The Labute approximate surface area is 118 Å². The number of carbonyl (C=O) groups is 1. The number of fused-ring (bicyclic) bond motifs is 1. The Morgan fingerprint density at radius 2 is 2.35 bits per heavy atom. The Morgan fingerprint density at radius 3 is 3.05 bits per heavy atom. The van der Waals surface area contributed by atoms with Gasteiger partial charge in [-0.05, 0) is 31.9 Å². The number of pyridine rings is 1. The number of nitrogens with zero attached hydrogens (tertiary/aromatic N) is 3. The van der Waals surface area contributed by atoms with Gasteiger partial charge in [-0.15, -0.1) is 0 Å². The van der Waals surface area contributed by atoms with Gasteiger partial charge in [0.05, 0.1) is 18.8 Å². The van der Waals surface area contributed by atoms with Gasteiger partial charge in [0.1, 0.15) is 5.65 Å². The largest absolute Gasteiger partial charge is 0.465 e. The third kappa shape index (κ3) is 2.99. The number of carbonyl (C=O) groups excluding carboxylic acids is 1. The Bertz CT molecular complexity index is 571. The first-order valence-corrected chi connectivity index (χ1v) is 7.08. The molecule has 0 aromatic carbocycles. The molecule has 1 fully saturated rings. The number of rotatable bonds is 6. The quantitative estimate of drug-likeness (QED) is 0.754. The number of ether oxygens (including phenoxy) is 1. The normalized spacial score (nSPS) is 14.9. The Balaban J connectivity index is 1.70. The van der Waals surface area contributed by atoms with Gasteiger partial charge in [-0.2, -0.15) is 0 Å². The number of imidazole rings is 1. The zero-order valence-electron chi connectivity index (χ0n) is 11.7. The van der Waals surface area contributed by atoms with E-state index in [1.165, 1.54) is 0 Å². The molecular formula is C15H19N3O2. The van der Waals surface area contributed by atoms with Crippen molar-refractivity contribution >= 4 is 11.6 Å². The maximum Gasteiger partial charge on any atom is 0.320 e. The molecule has 0 saturated heterocycles. The summed E-state index contributed by atoms with van der Waals surface area (Å²) >= 11 is 0. The average molecular weight is 273 g/mol. The number of aromatic nitrogens is 2. The van der Waals surface area contributed by atoms with Crippen molar-refractivity contribution in [3.05, 3.63) is 36.3 Å². The summed E-state index contributed by atoms with van der Waals surface area (Å²) in [5.41, 5.74) is 1.93. The van der Waals surface area contributed by atoms with E-state index in [2.05, 4.69) is 9.88 Å². The van der Waals surface area contributed by atoms with Gasteiger partial charge in [-0.25, -0.2) is 4.98 Å². The molecule has 2 aromatic heterocycles. The molecule has 1 saturated carbocycles. The highest BCUT2D eigenvalue weighted by molar-refractivity contribution is 5.71. The van der Waals surface area contributed by atoms with Crippen molar-refractivity contribution in [1.82, 2.24) is 14.3 Å². The van der Waals surface area contributed by atoms with Crippen LogP contribution in [0.5, 0.6) is 0 Å². The molecule has 2 aromatic rings. The van der Waals surface area contributed by atoms with Crippen molar-refractivity contribution in [3.8, 4) is 0 Å².